The smallest absolute Gasteiger partial charge is 0.459 e. The molecule has 0 spiro atoms. The van der Waals surface area contributed by atoms with Gasteiger partial charge in [-0.3, -0.25) is 4.79 Å². The first-order chi connectivity index (χ1) is 11.4. The first-order valence-corrected chi connectivity index (χ1v) is 9.06. The zero-order valence-electron chi connectivity index (χ0n) is 14.1. The third-order valence-corrected chi connectivity index (χ3v) is 4.64. The van der Waals surface area contributed by atoms with Gasteiger partial charge in [0.25, 0.3) is 0 Å². The van der Waals surface area contributed by atoms with Crippen LogP contribution in [0.2, 0.25) is 0 Å². The van der Waals surface area contributed by atoms with E-state index >= 15 is 0 Å². The Kier molecular flexibility index (Phi) is 10.2. The molecular weight excluding hydrogens is 377 g/mol. The number of hydrogen-bond donors (Lipinski definition) is 0. The van der Waals surface area contributed by atoms with Gasteiger partial charge in [0.1, 0.15) is 5.25 Å². The van der Waals surface area contributed by atoms with Crippen LogP contribution in [0.25, 0.3) is 0 Å². The second-order valence-electron chi connectivity index (χ2n) is 5.55. The average Bonchev–Trinajstić information content (AvgIpc) is 2.49. The zero-order valence-corrected chi connectivity index (χ0v) is 14.9. The highest BCUT2D eigenvalue weighted by Gasteiger charge is 2.72. The van der Waals surface area contributed by atoms with Gasteiger partial charge >= 0.3 is 24.0 Å². The monoisotopic (exact) mass is 400 g/mol. The fraction of sp³-hybridized carbons (Fsp3) is 0.933. The lowest BCUT2D eigenvalue weighted by molar-refractivity contribution is -0.355. The molecule has 0 heterocycles. The minimum Gasteiger partial charge on any atom is -0.465 e. The molecule has 10 heteroatoms. The zero-order chi connectivity index (χ0) is 19.7. The molecule has 0 radical (unpaired) electrons. The van der Waals surface area contributed by atoms with Crippen molar-refractivity contribution >= 4 is 17.7 Å². The highest BCUT2D eigenvalue weighted by Crippen LogP contribution is 2.48. The summed E-state index contributed by atoms with van der Waals surface area (Å²) in [5.74, 6) is -11.4. The molecule has 0 aliphatic heterocycles. The van der Waals surface area contributed by atoms with Crippen LogP contribution in [0.5, 0.6) is 0 Å². The number of halogens is 7. The number of esters is 1. The highest BCUT2D eigenvalue weighted by molar-refractivity contribution is 8.00. The van der Waals surface area contributed by atoms with Gasteiger partial charge in [0.2, 0.25) is 0 Å². The van der Waals surface area contributed by atoms with Crippen molar-refractivity contribution in [2.24, 2.45) is 0 Å². The van der Waals surface area contributed by atoms with Crippen LogP contribution in [0.4, 0.5) is 30.7 Å². The van der Waals surface area contributed by atoms with Crippen LogP contribution in [0, 0.1) is 0 Å². The van der Waals surface area contributed by atoms with Gasteiger partial charge < -0.3 is 4.74 Å². The summed E-state index contributed by atoms with van der Waals surface area (Å²) in [6, 6.07) is 0. The van der Waals surface area contributed by atoms with Gasteiger partial charge in [-0.2, -0.15) is 30.7 Å². The van der Waals surface area contributed by atoms with Gasteiger partial charge in [0.05, 0.1) is 6.61 Å². The van der Waals surface area contributed by atoms with E-state index in [9.17, 15) is 35.5 Å². The molecule has 0 aromatic heterocycles. The van der Waals surface area contributed by atoms with Crippen LogP contribution < -0.4 is 0 Å². The molecule has 0 aromatic rings. The Bertz CT molecular complexity index is 400. The summed E-state index contributed by atoms with van der Waals surface area (Å²) >= 11 is 1.14. The van der Waals surface area contributed by atoms with E-state index in [0.717, 1.165) is 11.8 Å². The Balaban J connectivity index is 4.35. The van der Waals surface area contributed by atoms with Crippen molar-refractivity contribution < 1.29 is 40.3 Å². The normalized spacial score (nSPS) is 14.4. The molecule has 0 bridgehead atoms. The molecule has 0 saturated carbocycles. The van der Waals surface area contributed by atoms with Crippen molar-refractivity contribution in [3.05, 3.63) is 0 Å². The number of rotatable bonds is 12. The molecule has 0 rings (SSSR count). The quantitative estimate of drug-likeness (QED) is 0.234. The lowest BCUT2D eigenvalue weighted by Gasteiger charge is -2.28. The maximum Gasteiger partial charge on any atom is 0.459 e. The van der Waals surface area contributed by atoms with Gasteiger partial charge in [0, 0.05) is 6.42 Å². The molecule has 0 amide bonds. The lowest BCUT2D eigenvalue weighted by atomic mass is 10.0. The number of hydrogen-bond acceptors (Lipinski definition) is 3. The molecule has 0 aliphatic rings. The summed E-state index contributed by atoms with van der Waals surface area (Å²) in [6.07, 6.45) is -6.52. The van der Waals surface area contributed by atoms with E-state index < -0.39 is 42.1 Å². The predicted molar refractivity (Wildman–Crippen MR) is 82.2 cm³/mol. The fourth-order valence-corrected chi connectivity index (χ4v) is 3.13. The van der Waals surface area contributed by atoms with E-state index in [1.807, 2.05) is 13.8 Å². The number of thioether (sulfide) groups is 1. The first-order valence-electron chi connectivity index (χ1n) is 8.01. The molecule has 0 saturated heterocycles. The molecule has 150 valence electrons. The van der Waals surface area contributed by atoms with Gasteiger partial charge in [-0.25, -0.2) is 0 Å². The summed E-state index contributed by atoms with van der Waals surface area (Å²) in [5.41, 5.74) is 0. The van der Waals surface area contributed by atoms with Crippen LogP contribution in [-0.2, 0) is 9.53 Å². The maximum absolute atomic E-state index is 13.1. The van der Waals surface area contributed by atoms with Crippen LogP contribution in [0.3, 0.4) is 0 Å². The molecular formula is C15H23F7O2S. The SMILES string of the molecule is CCCOC(=O)C(CCC)SCCCCC(F)(F)C(F)(F)C(F)(F)F. The van der Waals surface area contributed by atoms with E-state index in [1.165, 1.54) is 0 Å². The number of unbranched alkanes of at least 4 members (excludes halogenated alkanes) is 1. The summed E-state index contributed by atoms with van der Waals surface area (Å²) in [4.78, 5) is 11.8. The van der Waals surface area contributed by atoms with Crippen molar-refractivity contribution in [3.63, 3.8) is 0 Å². The van der Waals surface area contributed by atoms with Crippen molar-refractivity contribution in [1.82, 2.24) is 0 Å². The Morgan fingerprint density at radius 2 is 1.60 bits per heavy atom. The maximum atomic E-state index is 13.1. The second kappa shape index (κ2) is 10.5. The van der Waals surface area contributed by atoms with Crippen molar-refractivity contribution in [2.45, 2.75) is 75.6 Å². The third-order valence-electron chi connectivity index (χ3n) is 3.28. The summed E-state index contributed by atoms with van der Waals surface area (Å²) in [5, 5.41) is -0.492. The Labute approximate surface area is 146 Å². The van der Waals surface area contributed by atoms with Crippen LogP contribution in [0.1, 0.15) is 52.4 Å². The number of carbonyl (C=O) groups is 1. The molecule has 1 atom stereocenters. The lowest BCUT2D eigenvalue weighted by Crippen LogP contribution is -2.51. The minimum atomic E-state index is -6.29. The predicted octanol–water partition coefficient (Wildman–Crippen LogP) is 5.84. The van der Waals surface area contributed by atoms with E-state index in [2.05, 4.69) is 0 Å². The topological polar surface area (TPSA) is 26.3 Å². The fourth-order valence-electron chi connectivity index (χ4n) is 1.87. The molecule has 2 nitrogen and oxygen atoms in total. The summed E-state index contributed by atoms with van der Waals surface area (Å²) in [7, 11) is 0. The Morgan fingerprint density at radius 3 is 2.08 bits per heavy atom. The second-order valence-corrected chi connectivity index (χ2v) is 6.86. The molecule has 0 fully saturated rings. The van der Waals surface area contributed by atoms with E-state index in [1.54, 1.807) is 0 Å². The van der Waals surface area contributed by atoms with E-state index in [0.29, 0.717) is 19.3 Å². The Hall–Kier alpha value is -0.670. The van der Waals surface area contributed by atoms with Crippen molar-refractivity contribution in [3.8, 4) is 0 Å². The molecule has 0 N–H and O–H groups in total. The molecule has 1 unspecified atom stereocenters. The first kappa shape index (κ1) is 24.3. The van der Waals surface area contributed by atoms with Gasteiger partial charge in [-0.15, -0.1) is 11.8 Å². The van der Waals surface area contributed by atoms with Gasteiger partial charge in [-0.1, -0.05) is 20.3 Å². The standard InChI is InChI=1S/C15H23F7O2S/c1-3-7-11(12(23)24-9-4-2)25-10-6-5-8-13(16,17)14(18,19)15(20,21)22/h11H,3-10H2,1-2H3. The number of carbonyl (C=O) groups excluding carboxylic acids is 1. The molecule has 0 aromatic carbocycles. The highest BCUT2D eigenvalue weighted by atomic mass is 32.2. The Morgan fingerprint density at radius 1 is 1.00 bits per heavy atom. The minimum absolute atomic E-state index is 0.00450. The van der Waals surface area contributed by atoms with Gasteiger partial charge in [0.15, 0.2) is 0 Å². The molecule has 25 heavy (non-hydrogen) atoms. The number of ether oxygens (including phenoxy) is 1. The molecule has 0 aliphatic carbocycles. The van der Waals surface area contributed by atoms with Crippen molar-refractivity contribution in [2.75, 3.05) is 12.4 Å². The summed E-state index contributed by atoms with van der Waals surface area (Å²) < 4.78 is 92.7. The number of alkyl halides is 7. The van der Waals surface area contributed by atoms with Crippen LogP contribution in [-0.4, -0.2) is 41.6 Å². The van der Waals surface area contributed by atoms with E-state index in [-0.39, 0.29) is 18.8 Å². The largest absolute Gasteiger partial charge is 0.465 e. The average molecular weight is 400 g/mol. The van der Waals surface area contributed by atoms with Gasteiger partial charge in [-0.05, 0) is 31.4 Å². The van der Waals surface area contributed by atoms with E-state index in [4.69, 9.17) is 4.74 Å². The van der Waals surface area contributed by atoms with Crippen LogP contribution in [0.15, 0.2) is 0 Å². The third kappa shape index (κ3) is 7.62. The van der Waals surface area contributed by atoms with Crippen LogP contribution >= 0.6 is 11.8 Å². The van der Waals surface area contributed by atoms with Crippen molar-refractivity contribution in [1.29, 1.82) is 0 Å². The summed E-state index contributed by atoms with van der Waals surface area (Å²) in [6.45, 7) is 3.94.